The number of hydrogen-bond acceptors (Lipinski definition) is 2. The number of halogens is 2. The van der Waals surface area contributed by atoms with Crippen LogP contribution in [0.15, 0.2) is 5.16 Å². The highest BCUT2D eigenvalue weighted by atomic mass is 19.3. The van der Waals surface area contributed by atoms with E-state index in [4.69, 9.17) is 5.21 Å². The molecule has 0 aromatic rings. The summed E-state index contributed by atoms with van der Waals surface area (Å²) in [5, 5.41) is 10.2. The molecule has 0 aromatic carbocycles. The topological polar surface area (TPSA) is 32.6 Å². The lowest BCUT2D eigenvalue weighted by atomic mass is 9.92. The van der Waals surface area contributed by atoms with Gasteiger partial charge in [-0.05, 0) is 0 Å². The molecule has 1 N–H and O–H groups in total. The van der Waals surface area contributed by atoms with Crippen molar-refractivity contribution in [2.24, 2.45) is 5.16 Å². The first-order chi connectivity index (χ1) is 3.67. The van der Waals surface area contributed by atoms with E-state index in [0.29, 0.717) is 0 Å². The fourth-order valence-electron chi connectivity index (χ4n) is 0.549. The lowest BCUT2D eigenvalue weighted by Crippen LogP contribution is -2.39. The van der Waals surface area contributed by atoms with E-state index in [9.17, 15) is 8.78 Å². The van der Waals surface area contributed by atoms with E-state index in [-0.39, 0.29) is 12.8 Å². The quantitative estimate of drug-likeness (QED) is 0.379. The molecule has 0 heterocycles. The normalized spacial score (nSPS) is 30.0. The summed E-state index contributed by atoms with van der Waals surface area (Å²) in [6.45, 7) is 0. The Morgan fingerprint density at radius 3 is 2.25 bits per heavy atom. The Morgan fingerprint density at radius 1 is 1.62 bits per heavy atom. The average molecular weight is 121 g/mol. The molecule has 1 rings (SSSR count). The Morgan fingerprint density at radius 2 is 2.25 bits per heavy atom. The Balaban J connectivity index is 2.63. The summed E-state index contributed by atoms with van der Waals surface area (Å²) in [5.74, 6) is -2.81. The van der Waals surface area contributed by atoms with Crippen molar-refractivity contribution < 1.29 is 14.0 Å². The van der Waals surface area contributed by atoms with E-state index >= 15 is 0 Å². The Hall–Kier alpha value is -0.670. The van der Waals surface area contributed by atoms with Crippen LogP contribution in [0.25, 0.3) is 0 Å². The van der Waals surface area contributed by atoms with E-state index in [0.717, 1.165) is 0 Å². The van der Waals surface area contributed by atoms with Crippen molar-refractivity contribution in [1.82, 2.24) is 0 Å². The zero-order valence-corrected chi connectivity index (χ0v) is 4.06. The molecule has 1 saturated carbocycles. The number of nitrogens with zero attached hydrogens (tertiary/aromatic N) is 1. The lowest BCUT2D eigenvalue weighted by molar-refractivity contribution is 0.0344. The van der Waals surface area contributed by atoms with Gasteiger partial charge in [-0.1, -0.05) is 5.16 Å². The zero-order valence-electron chi connectivity index (χ0n) is 4.06. The summed E-state index contributed by atoms with van der Waals surface area (Å²) >= 11 is 0. The maximum Gasteiger partial charge on any atom is 0.289 e. The van der Waals surface area contributed by atoms with Crippen LogP contribution in [0.2, 0.25) is 0 Å². The van der Waals surface area contributed by atoms with Gasteiger partial charge in [0.1, 0.15) is 5.71 Å². The minimum atomic E-state index is -2.81. The highest BCUT2D eigenvalue weighted by Crippen LogP contribution is 2.34. The van der Waals surface area contributed by atoms with Gasteiger partial charge in [0.15, 0.2) is 0 Å². The van der Waals surface area contributed by atoms with Gasteiger partial charge in [0.2, 0.25) is 0 Å². The first kappa shape index (κ1) is 5.47. The van der Waals surface area contributed by atoms with E-state index in [1.54, 1.807) is 0 Å². The van der Waals surface area contributed by atoms with Gasteiger partial charge in [-0.2, -0.15) is 8.78 Å². The Bertz CT molecular complexity index is 132. The van der Waals surface area contributed by atoms with Crippen LogP contribution in [0.3, 0.4) is 0 Å². The molecular formula is C4H5F2NO. The fraction of sp³-hybridized carbons (Fsp3) is 0.750. The van der Waals surface area contributed by atoms with Gasteiger partial charge in [-0.3, -0.25) is 0 Å². The van der Waals surface area contributed by atoms with Crippen LogP contribution >= 0.6 is 0 Å². The second-order valence-electron chi connectivity index (χ2n) is 1.75. The van der Waals surface area contributed by atoms with Gasteiger partial charge < -0.3 is 5.21 Å². The number of oxime groups is 1. The van der Waals surface area contributed by atoms with Crippen LogP contribution in [0.5, 0.6) is 0 Å². The van der Waals surface area contributed by atoms with Crippen molar-refractivity contribution in [3.8, 4) is 0 Å². The molecule has 1 fully saturated rings. The summed E-state index contributed by atoms with van der Waals surface area (Å²) in [7, 11) is 0. The van der Waals surface area contributed by atoms with E-state index in [1.165, 1.54) is 0 Å². The summed E-state index contributed by atoms with van der Waals surface area (Å²) in [6, 6.07) is 0. The number of rotatable bonds is 0. The van der Waals surface area contributed by atoms with Crippen molar-refractivity contribution >= 4 is 5.71 Å². The minimum absolute atomic E-state index is 0.174. The maximum absolute atomic E-state index is 11.9. The average Bonchev–Trinajstić information content (AvgIpc) is 1.66. The van der Waals surface area contributed by atoms with E-state index < -0.39 is 11.6 Å². The van der Waals surface area contributed by atoms with Crippen LogP contribution < -0.4 is 0 Å². The molecule has 1 aliphatic carbocycles. The monoisotopic (exact) mass is 121 g/mol. The highest BCUT2D eigenvalue weighted by Gasteiger charge is 2.45. The molecule has 0 atom stereocenters. The second kappa shape index (κ2) is 1.40. The molecule has 0 aromatic heterocycles. The molecular weight excluding hydrogens is 116 g/mol. The number of hydrogen-bond donors (Lipinski definition) is 1. The molecule has 0 unspecified atom stereocenters. The largest absolute Gasteiger partial charge is 0.411 e. The summed E-state index contributed by atoms with van der Waals surface area (Å²) in [4.78, 5) is 0. The highest BCUT2D eigenvalue weighted by molar-refractivity contribution is 5.95. The predicted molar refractivity (Wildman–Crippen MR) is 23.4 cm³/mol. The standard InChI is InChI=1S/C4H5F2NO/c5-4(6)2-1-3(4)7-8/h8H,1-2H2. The molecule has 4 heteroatoms. The summed E-state index contributed by atoms with van der Waals surface area (Å²) in [6.07, 6.45) is 0.0515. The first-order valence-corrected chi connectivity index (χ1v) is 2.26. The molecule has 8 heavy (non-hydrogen) atoms. The van der Waals surface area contributed by atoms with Crippen molar-refractivity contribution in [2.75, 3.05) is 0 Å². The molecule has 0 radical (unpaired) electrons. The number of alkyl halides is 2. The third kappa shape index (κ3) is 0.562. The van der Waals surface area contributed by atoms with Crippen molar-refractivity contribution in [1.29, 1.82) is 0 Å². The van der Waals surface area contributed by atoms with Gasteiger partial charge in [0.05, 0.1) is 0 Å². The molecule has 1 aliphatic rings. The fourth-order valence-corrected chi connectivity index (χ4v) is 0.549. The van der Waals surface area contributed by atoms with Gasteiger partial charge >= 0.3 is 0 Å². The van der Waals surface area contributed by atoms with Gasteiger partial charge in [0.25, 0.3) is 5.92 Å². The van der Waals surface area contributed by atoms with Crippen molar-refractivity contribution in [2.45, 2.75) is 18.8 Å². The van der Waals surface area contributed by atoms with Crippen LogP contribution in [0, 0.1) is 0 Å². The summed E-state index contributed by atoms with van der Waals surface area (Å²) < 4.78 is 23.8. The summed E-state index contributed by atoms with van der Waals surface area (Å²) in [5.41, 5.74) is -0.391. The maximum atomic E-state index is 11.9. The van der Waals surface area contributed by atoms with Gasteiger partial charge in [0, 0.05) is 12.8 Å². The SMILES string of the molecule is ON=C1CCC1(F)F. The Labute approximate surface area is 44.8 Å². The molecule has 0 saturated heterocycles. The van der Waals surface area contributed by atoms with E-state index in [1.807, 2.05) is 0 Å². The van der Waals surface area contributed by atoms with Crippen LogP contribution in [0.1, 0.15) is 12.8 Å². The van der Waals surface area contributed by atoms with Crippen LogP contribution in [0.4, 0.5) is 8.78 Å². The molecule has 2 nitrogen and oxygen atoms in total. The van der Waals surface area contributed by atoms with E-state index in [2.05, 4.69) is 5.16 Å². The van der Waals surface area contributed by atoms with Gasteiger partial charge in [-0.15, -0.1) is 0 Å². The molecule has 0 bridgehead atoms. The molecule has 0 amide bonds. The van der Waals surface area contributed by atoms with Gasteiger partial charge in [-0.25, -0.2) is 0 Å². The van der Waals surface area contributed by atoms with Crippen molar-refractivity contribution in [3.05, 3.63) is 0 Å². The smallest absolute Gasteiger partial charge is 0.289 e. The first-order valence-electron chi connectivity index (χ1n) is 2.26. The molecule has 0 aliphatic heterocycles. The lowest BCUT2D eigenvalue weighted by Gasteiger charge is -2.25. The minimum Gasteiger partial charge on any atom is -0.411 e. The van der Waals surface area contributed by atoms with Crippen molar-refractivity contribution in [3.63, 3.8) is 0 Å². The zero-order chi connectivity index (χ0) is 6.20. The Kier molecular flexibility index (Phi) is 0.957. The third-order valence-corrected chi connectivity index (χ3v) is 1.22. The second-order valence-corrected chi connectivity index (χ2v) is 1.75. The van der Waals surface area contributed by atoms with Crippen LogP contribution in [-0.2, 0) is 0 Å². The van der Waals surface area contributed by atoms with Crippen LogP contribution in [-0.4, -0.2) is 16.8 Å². The molecule has 46 valence electrons. The molecule has 0 spiro atoms. The predicted octanol–water partition coefficient (Wildman–Crippen LogP) is 1.25. The third-order valence-electron chi connectivity index (χ3n) is 1.22.